The van der Waals surface area contributed by atoms with Gasteiger partial charge in [0, 0.05) is 18.5 Å². The highest BCUT2D eigenvalue weighted by molar-refractivity contribution is 6.05. The third-order valence-corrected chi connectivity index (χ3v) is 5.34. The van der Waals surface area contributed by atoms with Crippen molar-refractivity contribution < 1.29 is 14.0 Å². The molecular weight excluding hydrogens is 283 g/mol. The van der Waals surface area contributed by atoms with E-state index >= 15 is 0 Å². The number of benzene rings is 1. The van der Waals surface area contributed by atoms with Crippen molar-refractivity contribution >= 4 is 11.9 Å². The lowest BCUT2D eigenvalue weighted by Crippen LogP contribution is -2.43. The van der Waals surface area contributed by atoms with E-state index < -0.39 is 0 Å². The predicted molar refractivity (Wildman–Crippen MR) is 78.8 cm³/mol. The molecule has 2 aliphatic heterocycles. The van der Waals surface area contributed by atoms with Crippen LogP contribution >= 0.6 is 0 Å². The van der Waals surface area contributed by atoms with Gasteiger partial charge in [0.1, 0.15) is 11.9 Å². The topological polar surface area (TPSA) is 40.6 Å². The average molecular weight is 302 g/mol. The van der Waals surface area contributed by atoms with Crippen LogP contribution in [0.4, 0.5) is 9.18 Å². The van der Waals surface area contributed by atoms with Crippen molar-refractivity contribution in [3.63, 3.8) is 0 Å². The zero-order valence-electron chi connectivity index (χ0n) is 12.4. The molecule has 3 aliphatic rings. The van der Waals surface area contributed by atoms with Gasteiger partial charge in [0.2, 0.25) is 0 Å². The molecular formula is C17H19FN2O2. The first-order valence-corrected chi connectivity index (χ1v) is 8.06. The molecule has 4 rings (SSSR count). The molecule has 0 aromatic heterocycles. The van der Waals surface area contributed by atoms with E-state index in [1.165, 1.54) is 17.0 Å². The lowest BCUT2D eigenvalue weighted by molar-refractivity contribution is -0.129. The normalized spacial score (nSPS) is 31.2. The Hall–Kier alpha value is -1.91. The van der Waals surface area contributed by atoms with Crippen molar-refractivity contribution in [2.45, 2.75) is 50.1 Å². The Labute approximate surface area is 128 Å². The highest BCUT2D eigenvalue weighted by Crippen LogP contribution is 2.41. The quantitative estimate of drug-likeness (QED) is 0.788. The molecule has 0 N–H and O–H groups in total. The maximum atomic E-state index is 13.1. The van der Waals surface area contributed by atoms with Gasteiger partial charge in [-0.2, -0.15) is 0 Å². The number of hydrogen-bond acceptors (Lipinski definition) is 2. The van der Waals surface area contributed by atoms with Crippen LogP contribution in [0.2, 0.25) is 0 Å². The summed E-state index contributed by atoms with van der Waals surface area (Å²) in [6.07, 6.45) is 4.49. The van der Waals surface area contributed by atoms with Gasteiger partial charge in [-0.25, -0.2) is 9.18 Å². The molecule has 1 aromatic carbocycles. The minimum Gasteiger partial charge on any atom is -0.312 e. The molecule has 2 heterocycles. The number of fused-ring (bicyclic) bond motifs is 1. The summed E-state index contributed by atoms with van der Waals surface area (Å²) in [7, 11) is 0. The lowest BCUT2D eigenvalue weighted by atomic mass is 9.93. The molecule has 0 spiro atoms. The van der Waals surface area contributed by atoms with E-state index in [2.05, 4.69) is 0 Å². The largest absolute Gasteiger partial charge is 0.327 e. The molecule has 116 valence electrons. The fourth-order valence-corrected chi connectivity index (χ4v) is 4.30. The van der Waals surface area contributed by atoms with Crippen LogP contribution in [0.15, 0.2) is 24.3 Å². The van der Waals surface area contributed by atoms with Gasteiger partial charge in [-0.05, 0) is 43.4 Å². The number of imide groups is 1. The summed E-state index contributed by atoms with van der Waals surface area (Å²) in [4.78, 5) is 28.4. The Morgan fingerprint density at radius 3 is 2.50 bits per heavy atom. The van der Waals surface area contributed by atoms with Crippen LogP contribution in [0.1, 0.15) is 43.6 Å². The molecule has 2 saturated heterocycles. The fourth-order valence-electron chi connectivity index (χ4n) is 4.30. The first-order chi connectivity index (χ1) is 10.7. The highest BCUT2D eigenvalue weighted by atomic mass is 19.1. The summed E-state index contributed by atoms with van der Waals surface area (Å²) in [6.45, 7) is 0.694. The summed E-state index contributed by atoms with van der Waals surface area (Å²) >= 11 is 0. The van der Waals surface area contributed by atoms with E-state index in [-0.39, 0.29) is 35.8 Å². The molecule has 3 fully saturated rings. The van der Waals surface area contributed by atoms with Gasteiger partial charge in [0.05, 0.1) is 0 Å². The van der Waals surface area contributed by atoms with Crippen molar-refractivity contribution in [3.05, 3.63) is 35.6 Å². The number of halogens is 1. The molecule has 1 aromatic rings. The van der Waals surface area contributed by atoms with Crippen LogP contribution in [0.3, 0.4) is 0 Å². The summed E-state index contributed by atoms with van der Waals surface area (Å²) in [5, 5.41) is 0. The average Bonchev–Trinajstić information content (AvgIpc) is 3.20. The van der Waals surface area contributed by atoms with Crippen LogP contribution in [0.25, 0.3) is 0 Å². The number of urea groups is 1. The van der Waals surface area contributed by atoms with E-state index in [9.17, 15) is 14.0 Å². The maximum Gasteiger partial charge on any atom is 0.327 e. The van der Waals surface area contributed by atoms with Crippen LogP contribution in [-0.4, -0.2) is 40.4 Å². The Bertz CT molecular complexity index is 594. The minimum atomic E-state index is -0.257. The van der Waals surface area contributed by atoms with Crippen LogP contribution in [-0.2, 0) is 4.79 Å². The first kappa shape index (κ1) is 13.7. The fraction of sp³-hybridized carbons (Fsp3) is 0.529. The van der Waals surface area contributed by atoms with Crippen molar-refractivity contribution in [2.24, 2.45) is 0 Å². The van der Waals surface area contributed by atoms with Crippen LogP contribution in [0.5, 0.6) is 0 Å². The Kier molecular flexibility index (Phi) is 3.17. The number of amides is 3. The van der Waals surface area contributed by atoms with Crippen molar-refractivity contribution in [3.8, 4) is 0 Å². The van der Waals surface area contributed by atoms with Gasteiger partial charge in [-0.3, -0.25) is 9.69 Å². The second-order valence-corrected chi connectivity index (χ2v) is 6.50. The zero-order chi connectivity index (χ0) is 15.3. The van der Waals surface area contributed by atoms with Gasteiger partial charge in [-0.1, -0.05) is 18.6 Å². The van der Waals surface area contributed by atoms with Crippen LogP contribution < -0.4 is 0 Å². The summed E-state index contributed by atoms with van der Waals surface area (Å²) in [6, 6.07) is 6.05. The van der Waals surface area contributed by atoms with Crippen LogP contribution in [0, 0.1) is 5.82 Å². The van der Waals surface area contributed by atoms with E-state index in [1.54, 1.807) is 17.0 Å². The molecule has 1 saturated carbocycles. The molecule has 3 atom stereocenters. The summed E-state index contributed by atoms with van der Waals surface area (Å²) in [5.74, 6) is -0.151. The molecule has 0 bridgehead atoms. The second-order valence-electron chi connectivity index (χ2n) is 6.50. The van der Waals surface area contributed by atoms with Crippen molar-refractivity contribution in [1.29, 1.82) is 0 Å². The monoisotopic (exact) mass is 302 g/mol. The third kappa shape index (κ3) is 1.95. The summed E-state index contributed by atoms with van der Waals surface area (Å²) in [5.41, 5.74) is 1.02. The number of rotatable bonds is 2. The standard InChI is InChI=1S/C17H19FN2O2/c18-12-8-6-11(7-9-12)13-3-1-4-14(13)20-16(21)15-5-2-10-19(15)17(20)22/h6-9,13-15H,1-5,10H2/t13-,14+,15-/m0/s1. The number of nitrogens with zero attached hydrogens (tertiary/aromatic N) is 2. The molecule has 22 heavy (non-hydrogen) atoms. The summed E-state index contributed by atoms with van der Waals surface area (Å²) < 4.78 is 13.1. The van der Waals surface area contributed by atoms with Gasteiger partial charge < -0.3 is 4.90 Å². The van der Waals surface area contributed by atoms with Crippen molar-refractivity contribution in [1.82, 2.24) is 9.80 Å². The zero-order valence-corrected chi connectivity index (χ0v) is 12.4. The highest BCUT2D eigenvalue weighted by Gasteiger charge is 2.52. The Morgan fingerprint density at radius 1 is 1.00 bits per heavy atom. The van der Waals surface area contributed by atoms with E-state index in [0.717, 1.165) is 37.7 Å². The van der Waals surface area contributed by atoms with Crippen molar-refractivity contribution in [2.75, 3.05) is 6.54 Å². The lowest BCUT2D eigenvalue weighted by Gasteiger charge is -2.28. The van der Waals surface area contributed by atoms with E-state index in [1.807, 2.05) is 0 Å². The van der Waals surface area contributed by atoms with E-state index in [0.29, 0.717) is 6.54 Å². The molecule has 0 radical (unpaired) electrons. The molecule has 5 heteroatoms. The predicted octanol–water partition coefficient (Wildman–Crippen LogP) is 2.89. The molecule has 1 aliphatic carbocycles. The Balaban J connectivity index is 1.62. The minimum absolute atomic E-state index is 0.0264. The third-order valence-electron chi connectivity index (χ3n) is 5.34. The van der Waals surface area contributed by atoms with Gasteiger partial charge in [0.15, 0.2) is 0 Å². The SMILES string of the molecule is O=C1[C@@H]2CCCN2C(=O)N1[C@@H]1CCC[C@H]1c1ccc(F)cc1. The smallest absolute Gasteiger partial charge is 0.312 e. The number of hydrogen-bond donors (Lipinski definition) is 0. The Morgan fingerprint density at radius 2 is 1.77 bits per heavy atom. The molecule has 3 amide bonds. The maximum absolute atomic E-state index is 13.1. The second kappa shape index (κ2) is 5.07. The van der Waals surface area contributed by atoms with Gasteiger partial charge >= 0.3 is 6.03 Å². The van der Waals surface area contributed by atoms with Gasteiger partial charge in [0.25, 0.3) is 5.91 Å². The van der Waals surface area contributed by atoms with Gasteiger partial charge in [-0.15, -0.1) is 0 Å². The number of carbonyl (C=O) groups is 2. The number of carbonyl (C=O) groups excluding carboxylic acids is 2. The first-order valence-electron chi connectivity index (χ1n) is 8.06. The molecule has 0 unspecified atom stereocenters. The van der Waals surface area contributed by atoms with E-state index in [4.69, 9.17) is 0 Å². The molecule has 4 nitrogen and oxygen atoms in total.